The number of oxazole rings is 1. The van der Waals surface area contributed by atoms with E-state index in [1.807, 2.05) is 30.3 Å². The molecule has 1 aromatic carbocycles. The molecule has 27 heavy (non-hydrogen) atoms. The summed E-state index contributed by atoms with van der Waals surface area (Å²) in [5, 5.41) is 10.0. The van der Waals surface area contributed by atoms with Crippen LogP contribution in [-0.4, -0.2) is 43.5 Å². The smallest absolute Gasteiger partial charge is 0.276 e. The van der Waals surface area contributed by atoms with Crippen molar-refractivity contribution in [3.8, 4) is 0 Å². The SMILES string of the molecule is O=C(c1ncoc1C1CC1)N(Cc1ccccc1)[C@@H](CO)Cc1cnc[nH]1. The van der Waals surface area contributed by atoms with Gasteiger partial charge in [-0.15, -0.1) is 0 Å². The van der Waals surface area contributed by atoms with Gasteiger partial charge in [-0.3, -0.25) is 4.79 Å². The van der Waals surface area contributed by atoms with Gasteiger partial charge in [0.25, 0.3) is 5.91 Å². The maximum atomic E-state index is 13.4. The number of aliphatic hydroxyl groups excluding tert-OH is 1. The molecule has 0 saturated heterocycles. The molecule has 0 bridgehead atoms. The fourth-order valence-corrected chi connectivity index (χ4v) is 3.26. The molecule has 3 aromatic rings. The molecule has 1 saturated carbocycles. The van der Waals surface area contributed by atoms with E-state index >= 15 is 0 Å². The lowest BCUT2D eigenvalue weighted by Gasteiger charge is -2.30. The number of aromatic amines is 1. The number of rotatable bonds is 8. The van der Waals surface area contributed by atoms with Crippen LogP contribution in [0.2, 0.25) is 0 Å². The number of imidazole rings is 1. The first-order chi connectivity index (χ1) is 13.3. The number of hydrogen-bond acceptors (Lipinski definition) is 5. The Morgan fingerprint density at radius 1 is 1.33 bits per heavy atom. The van der Waals surface area contributed by atoms with E-state index in [1.54, 1.807) is 17.4 Å². The molecule has 0 spiro atoms. The van der Waals surface area contributed by atoms with Gasteiger partial charge in [-0.1, -0.05) is 30.3 Å². The molecule has 7 nitrogen and oxygen atoms in total. The Labute approximate surface area is 157 Å². The molecule has 0 aliphatic heterocycles. The van der Waals surface area contributed by atoms with Gasteiger partial charge < -0.3 is 19.4 Å². The van der Waals surface area contributed by atoms with Crippen molar-refractivity contribution in [2.24, 2.45) is 0 Å². The molecule has 0 radical (unpaired) electrons. The Kier molecular flexibility index (Phi) is 5.02. The molecule has 1 amide bonds. The lowest BCUT2D eigenvalue weighted by atomic mass is 10.1. The van der Waals surface area contributed by atoms with E-state index in [0.717, 1.165) is 24.1 Å². The van der Waals surface area contributed by atoms with E-state index in [4.69, 9.17) is 4.42 Å². The quantitative estimate of drug-likeness (QED) is 0.639. The highest BCUT2D eigenvalue weighted by atomic mass is 16.3. The van der Waals surface area contributed by atoms with E-state index in [-0.39, 0.29) is 18.4 Å². The summed E-state index contributed by atoms with van der Waals surface area (Å²) in [5.74, 6) is 0.731. The van der Waals surface area contributed by atoms with E-state index in [2.05, 4.69) is 15.0 Å². The number of aliphatic hydroxyl groups is 1. The van der Waals surface area contributed by atoms with Gasteiger partial charge >= 0.3 is 0 Å². The third-order valence-electron chi connectivity index (χ3n) is 4.86. The fourth-order valence-electron chi connectivity index (χ4n) is 3.26. The number of hydrogen-bond donors (Lipinski definition) is 2. The summed E-state index contributed by atoms with van der Waals surface area (Å²) < 4.78 is 5.49. The molecule has 7 heteroatoms. The topological polar surface area (TPSA) is 95.2 Å². The van der Waals surface area contributed by atoms with Crippen molar-refractivity contribution >= 4 is 5.91 Å². The van der Waals surface area contributed by atoms with Crippen LogP contribution in [0.5, 0.6) is 0 Å². The first-order valence-electron chi connectivity index (χ1n) is 9.12. The minimum Gasteiger partial charge on any atom is -0.447 e. The molecule has 1 atom stereocenters. The highest BCUT2D eigenvalue weighted by molar-refractivity contribution is 5.93. The number of nitrogens with one attached hydrogen (secondary N) is 1. The Balaban J connectivity index is 1.63. The first kappa shape index (κ1) is 17.5. The van der Waals surface area contributed by atoms with E-state index in [9.17, 15) is 9.90 Å². The number of carbonyl (C=O) groups is 1. The molecular weight excluding hydrogens is 344 g/mol. The van der Waals surface area contributed by atoms with E-state index in [0.29, 0.717) is 24.4 Å². The van der Waals surface area contributed by atoms with Crippen molar-refractivity contribution in [1.82, 2.24) is 19.9 Å². The van der Waals surface area contributed by atoms with Crippen LogP contribution in [0.1, 0.15) is 46.3 Å². The van der Waals surface area contributed by atoms with Crippen molar-refractivity contribution in [1.29, 1.82) is 0 Å². The average molecular weight is 366 g/mol. The standard InChI is InChI=1S/C20H22N4O3/c25-11-17(8-16-9-21-12-22-16)24(10-14-4-2-1-3-5-14)20(26)18-19(15-6-7-15)27-13-23-18/h1-5,9,12-13,15,17,25H,6-8,10-11H2,(H,21,22)/t17-/m1/s1. The highest BCUT2D eigenvalue weighted by Gasteiger charge is 2.35. The second kappa shape index (κ2) is 7.75. The number of nitrogens with zero attached hydrogens (tertiary/aromatic N) is 3. The van der Waals surface area contributed by atoms with Crippen LogP contribution < -0.4 is 0 Å². The molecule has 2 aromatic heterocycles. The summed E-state index contributed by atoms with van der Waals surface area (Å²) >= 11 is 0. The highest BCUT2D eigenvalue weighted by Crippen LogP contribution is 2.41. The molecule has 140 valence electrons. The zero-order valence-electron chi connectivity index (χ0n) is 14.9. The first-order valence-corrected chi connectivity index (χ1v) is 9.12. The fraction of sp³-hybridized carbons (Fsp3) is 0.350. The van der Waals surface area contributed by atoms with E-state index in [1.165, 1.54) is 6.39 Å². The second-order valence-electron chi connectivity index (χ2n) is 6.88. The van der Waals surface area contributed by atoms with Crippen molar-refractivity contribution in [3.05, 3.63) is 72.0 Å². The van der Waals surface area contributed by atoms with Crippen LogP contribution in [-0.2, 0) is 13.0 Å². The lowest BCUT2D eigenvalue weighted by molar-refractivity contribution is 0.0561. The Hall–Kier alpha value is -2.93. The minimum atomic E-state index is -0.401. The average Bonchev–Trinajstić information content (AvgIpc) is 3.20. The predicted molar refractivity (Wildman–Crippen MR) is 98.0 cm³/mol. The number of amides is 1. The summed E-state index contributed by atoms with van der Waals surface area (Å²) in [6.07, 6.45) is 7.16. The van der Waals surface area contributed by atoms with Gasteiger partial charge in [-0.05, 0) is 18.4 Å². The van der Waals surface area contributed by atoms with Crippen LogP contribution in [0.4, 0.5) is 0 Å². The molecule has 1 aliphatic carbocycles. The van der Waals surface area contributed by atoms with Gasteiger partial charge in [0.05, 0.1) is 19.0 Å². The minimum absolute atomic E-state index is 0.159. The predicted octanol–water partition coefficient (Wildman–Crippen LogP) is 2.52. The second-order valence-corrected chi connectivity index (χ2v) is 6.88. The number of benzene rings is 1. The van der Waals surface area contributed by atoms with Crippen LogP contribution in [0, 0.1) is 0 Å². The maximum Gasteiger partial charge on any atom is 0.276 e. The van der Waals surface area contributed by atoms with Gasteiger partial charge in [0.2, 0.25) is 0 Å². The lowest BCUT2D eigenvalue weighted by Crippen LogP contribution is -2.43. The van der Waals surface area contributed by atoms with Crippen molar-refractivity contribution in [2.45, 2.75) is 37.8 Å². The normalized spacial score (nSPS) is 14.9. The summed E-state index contributed by atoms with van der Waals surface area (Å²) in [7, 11) is 0. The van der Waals surface area contributed by atoms with Crippen LogP contribution in [0.15, 0.2) is 53.7 Å². The zero-order chi connectivity index (χ0) is 18.6. The molecule has 2 N–H and O–H groups in total. The summed E-state index contributed by atoms with van der Waals surface area (Å²) in [4.78, 5) is 26.3. The Bertz CT molecular complexity index is 872. The summed E-state index contributed by atoms with van der Waals surface area (Å²) in [6, 6.07) is 9.35. The molecule has 2 heterocycles. The van der Waals surface area contributed by atoms with Gasteiger partial charge in [-0.2, -0.15) is 0 Å². The largest absolute Gasteiger partial charge is 0.447 e. The number of aromatic nitrogens is 3. The van der Waals surface area contributed by atoms with Gasteiger partial charge in [0, 0.05) is 30.8 Å². The van der Waals surface area contributed by atoms with Crippen molar-refractivity contribution in [3.63, 3.8) is 0 Å². The number of H-pyrrole nitrogens is 1. The van der Waals surface area contributed by atoms with Crippen molar-refractivity contribution < 1.29 is 14.3 Å². The summed E-state index contributed by atoms with van der Waals surface area (Å²) in [6.45, 7) is 0.226. The van der Waals surface area contributed by atoms with Crippen LogP contribution in [0.3, 0.4) is 0 Å². The summed E-state index contributed by atoms with van der Waals surface area (Å²) in [5.41, 5.74) is 2.21. The Morgan fingerprint density at radius 3 is 2.81 bits per heavy atom. The van der Waals surface area contributed by atoms with Crippen molar-refractivity contribution in [2.75, 3.05) is 6.61 Å². The number of carbonyl (C=O) groups excluding carboxylic acids is 1. The molecule has 1 aliphatic rings. The Morgan fingerprint density at radius 2 is 2.15 bits per heavy atom. The van der Waals surface area contributed by atoms with Crippen LogP contribution in [0.25, 0.3) is 0 Å². The molecular formula is C20H22N4O3. The molecule has 1 fully saturated rings. The van der Waals surface area contributed by atoms with Gasteiger partial charge in [-0.25, -0.2) is 9.97 Å². The third kappa shape index (κ3) is 3.93. The van der Waals surface area contributed by atoms with Crippen LogP contribution >= 0.6 is 0 Å². The molecule has 4 rings (SSSR count). The molecule has 0 unspecified atom stereocenters. The monoisotopic (exact) mass is 366 g/mol. The van der Waals surface area contributed by atoms with Gasteiger partial charge in [0.15, 0.2) is 12.1 Å². The van der Waals surface area contributed by atoms with E-state index < -0.39 is 6.04 Å². The maximum absolute atomic E-state index is 13.4. The third-order valence-corrected chi connectivity index (χ3v) is 4.86. The van der Waals surface area contributed by atoms with Gasteiger partial charge in [0.1, 0.15) is 5.76 Å². The zero-order valence-corrected chi connectivity index (χ0v) is 14.9.